The zero-order chi connectivity index (χ0) is 12.8. The van der Waals surface area contributed by atoms with Crippen LogP contribution in [-0.4, -0.2) is 47.3 Å². The minimum atomic E-state index is -0.130. The Morgan fingerprint density at radius 2 is 2.33 bits per heavy atom. The third-order valence-corrected chi connectivity index (χ3v) is 2.33. The monoisotopic (exact) mass is 249 g/mol. The van der Waals surface area contributed by atoms with E-state index < -0.39 is 0 Å². The van der Waals surface area contributed by atoms with Crippen LogP contribution in [0.15, 0.2) is 24.5 Å². The highest BCUT2D eigenvalue weighted by Gasteiger charge is 2.05. The molecular weight excluding hydrogens is 234 g/mol. The quantitative estimate of drug-likeness (QED) is 0.699. The number of methoxy groups -OCH3 is 1. The maximum absolute atomic E-state index is 11.7. The molecule has 0 bridgehead atoms. The summed E-state index contributed by atoms with van der Waals surface area (Å²) in [5, 5.41) is 9.81. The summed E-state index contributed by atoms with van der Waals surface area (Å²) >= 11 is 0. The molecule has 7 nitrogen and oxygen atoms in total. The van der Waals surface area contributed by atoms with E-state index in [4.69, 9.17) is 4.74 Å². The molecule has 0 aliphatic rings. The number of amides is 1. The van der Waals surface area contributed by atoms with Crippen molar-refractivity contribution in [2.45, 2.75) is 0 Å². The molecule has 0 aliphatic heterocycles. The van der Waals surface area contributed by atoms with Crippen molar-refractivity contribution in [1.82, 2.24) is 19.9 Å². The number of carbonyl (C=O) groups is 1. The van der Waals surface area contributed by atoms with Crippen LogP contribution in [0.2, 0.25) is 0 Å². The second-order valence-corrected chi connectivity index (χ2v) is 3.65. The highest BCUT2D eigenvalue weighted by atomic mass is 16.5. The van der Waals surface area contributed by atoms with Gasteiger partial charge >= 0.3 is 0 Å². The van der Waals surface area contributed by atoms with Gasteiger partial charge in [0.2, 0.25) is 5.91 Å². The fourth-order valence-electron chi connectivity index (χ4n) is 1.49. The van der Waals surface area contributed by atoms with E-state index in [1.165, 1.54) is 0 Å². The van der Waals surface area contributed by atoms with Gasteiger partial charge in [-0.15, -0.1) is 0 Å². The lowest BCUT2D eigenvalue weighted by Crippen LogP contribution is -2.30. The minimum absolute atomic E-state index is 0.130. The molecule has 0 aliphatic carbocycles. The molecule has 96 valence electrons. The fourth-order valence-corrected chi connectivity index (χ4v) is 1.49. The summed E-state index contributed by atoms with van der Waals surface area (Å²) in [5.74, 6) is 0.470. The third-order valence-electron chi connectivity index (χ3n) is 2.33. The Morgan fingerprint density at radius 1 is 1.44 bits per heavy atom. The summed E-state index contributed by atoms with van der Waals surface area (Å²) in [4.78, 5) is 15.8. The molecule has 2 rings (SSSR count). The maximum Gasteiger partial charge on any atom is 0.239 e. The maximum atomic E-state index is 11.7. The second-order valence-electron chi connectivity index (χ2n) is 3.65. The van der Waals surface area contributed by atoms with Crippen molar-refractivity contribution >= 4 is 17.4 Å². The predicted molar refractivity (Wildman–Crippen MR) is 66.4 cm³/mol. The molecule has 0 spiro atoms. The number of carbonyl (C=O) groups excluding carboxylic acids is 1. The van der Waals surface area contributed by atoms with Gasteiger partial charge < -0.3 is 15.4 Å². The average molecular weight is 249 g/mol. The van der Waals surface area contributed by atoms with Crippen LogP contribution < -0.4 is 10.6 Å². The molecule has 0 aromatic carbocycles. The number of hydrogen-bond acceptors (Lipinski definition) is 5. The number of fused-ring (bicyclic) bond motifs is 1. The van der Waals surface area contributed by atoms with Crippen molar-refractivity contribution in [3.8, 4) is 0 Å². The zero-order valence-corrected chi connectivity index (χ0v) is 10.1. The van der Waals surface area contributed by atoms with E-state index >= 15 is 0 Å². The van der Waals surface area contributed by atoms with Crippen molar-refractivity contribution in [2.24, 2.45) is 0 Å². The molecule has 2 aromatic rings. The van der Waals surface area contributed by atoms with Crippen LogP contribution in [0, 0.1) is 0 Å². The van der Waals surface area contributed by atoms with Gasteiger partial charge in [-0.2, -0.15) is 9.61 Å². The van der Waals surface area contributed by atoms with Crippen molar-refractivity contribution in [1.29, 1.82) is 0 Å². The normalized spacial score (nSPS) is 10.7. The first-order valence-corrected chi connectivity index (χ1v) is 5.59. The Balaban J connectivity index is 1.92. The first-order chi connectivity index (χ1) is 8.81. The van der Waals surface area contributed by atoms with Gasteiger partial charge in [-0.3, -0.25) is 4.79 Å². The molecular formula is C11H15N5O2. The van der Waals surface area contributed by atoms with Crippen LogP contribution >= 0.6 is 0 Å². The Bertz CT molecular complexity index is 525. The molecule has 2 aromatic heterocycles. The van der Waals surface area contributed by atoms with Crippen molar-refractivity contribution < 1.29 is 9.53 Å². The lowest BCUT2D eigenvalue weighted by atomic mass is 10.5. The van der Waals surface area contributed by atoms with Gasteiger partial charge in [0.25, 0.3) is 0 Å². The summed E-state index contributed by atoms with van der Waals surface area (Å²) in [6.07, 6.45) is 3.26. The Labute approximate surface area is 104 Å². The summed E-state index contributed by atoms with van der Waals surface area (Å²) in [5.41, 5.74) is 0.695. The minimum Gasteiger partial charge on any atom is -0.383 e. The van der Waals surface area contributed by atoms with Crippen LogP contribution in [-0.2, 0) is 9.53 Å². The first kappa shape index (κ1) is 12.5. The first-order valence-electron chi connectivity index (χ1n) is 5.59. The molecule has 0 radical (unpaired) electrons. The molecule has 0 atom stereocenters. The van der Waals surface area contributed by atoms with Crippen LogP contribution in [0.4, 0.5) is 5.82 Å². The molecule has 0 saturated heterocycles. The van der Waals surface area contributed by atoms with E-state index in [-0.39, 0.29) is 12.5 Å². The number of nitrogens with one attached hydrogen (secondary N) is 2. The Hall–Kier alpha value is -1.99. The third kappa shape index (κ3) is 3.02. The Kier molecular flexibility index (Phi) is 4.21. The summed E-state index contributed by atoms with van der Waals surface area (Å²) in [6.45, 7) is 1.44. The van der Waals surface area contributed by atoms with Gasteiger partial charge in [0.15, 0.2) is 5.65 Å². The van der Waals surface area contributed by atoms with E-state index in [1.54, 1.807) is 36.2 Å². The highest BCUT2D eigenvalue weighted by molar-refractivity contribution is 5.91. The van der Waals surface area contributed by atoms with Crippen molar-refractivity contribution in [3.05, 3.63) is 24.5 Å². The van der Waals surface area contributed by atoms with E-state index in [1.807, 2.05) is 0 Å². The van der Waals surface area contributed by atoms with Gasteiger partial charge in [-0.1, -0.05) is 0 Å². The van der Waals surface area contributed by atoms with Gasteiger partial charge in [0.05, 0.1) is 19.3 Å². The van der Waals surface area contributed by atoms with E-state index in [0.717, 1.165) is 0 Å². The summed E-state index contributed by atoms with van der Waals surface area (Å²) < 4.78 is 6.45. The molecule has 18 heavy (non-hydrogen) atoms. The molecule has 0 saturated carbocycles. The van der Waals surface area contributed by atoms with Crippen LogP contribution in [0.25, 0.3) is 5.65 Å². The zero-order valence-electron chi connectivity index (χ0n) is 10.1. The smallest absolute Gasteiger partial charge is 0.239 e. The summed E-state index contributed by atoms with van der Waals surface area (Å²) in [6, 6.07) is 3.47. The molecule has 2 heterocycles. The average Bonchev–Trinajstić information content (AvgIpc) is 2.84. The molecule has 0 fully saturated rings. The molecule has 0 unspecified atom stereocenters. The number of anilines is 1. The van der Waals surface area contributed by atoms with Crippen LogP contribution in [0.1, 0.15) is 0 Å². The van der Waals surface area contributed by atoms with Crippen molar-refractivity contribution in [3.63, 3.8) is 0 Å². The standard InChI is InChI=1S/C11H15N5O2/c1-18-7-6-12-8-11(17)15-10-2-4-13-9-3-5-14-16(9)10/h2-5,12H,6-8H2,1H3,(H,15,17). The van der Waals surface area contributed by atoms with Gasteiger partial charge in [0, 0.05) is 25.9 Å². The predicted octanol–water partition coefficient (Wildman–Crippen LogP) is -0.0962. The van der Waals surface area contributed by atoms with E-state index in [2.05, 4.69) is 20.7 Å². The SMILES string of the molecule is COCCNCC(=O)Nc1ccnc2ccnn12. The van der Waals surface area contributed by atoms with Crippen LogP contribution in [0.5, 0.6) is 0 Å². The number of nitrogens with zero attached hydrogens (tertiary/aromatic N) is 3. The van der Waals surface area contributed by atoms with E-state index in [9.17, 15) is 4.79 Å². The van der Waals surface area contributed by atoms with Gasteiger partial charge in [-0.25, -0.2) is 4.98 Å². The number of hydrogen-bond donors (Lipinski definition) is 2. The van der Waals surface area contributed by atoms with Gasteiger partial charge in [0.1, 0.15) is 5.82 Å². The Morgan fingerprint density at radius 3 is 3.17 bits per heavy atom. The largest absolute Gasteiger partial charge is 0.383 e. The highest BCUT2D eigenvalue weighted by Crippen LogP contribution is 2.07. The van der Waals surface area contributed by atoms with Gasteiger partial charge in [-0.05, 0) is 6.07 Å². The number of aromatic nitrogens is 3. The lowest BCUT2D eigenvalue weighted by molar-refractivity contribution is -0.115. The molecule has 1 amide bonds. The lowest BCUT2D eigenvalue weighted by Gasteiger charge is -2.07. The second kappa shape index (κ2) is 6.08. The van der Waals surface area contributed by atoms with Crippen LogP contribution in [0.3, 0.4) is 0 Å². The summed E-state index contributed by atoms with van der Waals surface area (Å²) in [7, 11) is 1.62. The fraction of sp³-hybridized carbons (Fsp3) is 0.364. The molecule has 7 heteroatoms. The number of ether oxygens (including phenoxy) is 1. The molecule has 2 N–H and O–H groups in total. The van der Waals surface area contributed by atoms with Crippen molar-refractivity contribution in [2.75, 3.05) is 32.1 Å². The number of rotatable bonds is 6. The van der Waals surface area contributed by atoms with E-state index in [0.29, 0.717) is 24.6 Å². The topological polar surface area (TPSA) is 80.5 Å².